The molecule has 0 bridgehead atoms. The van der Waals surface area contributed by atoms with Crippen molar-refractivity contribution in [2.24, 2.45) is 0 Å². The Morgan fingerprint density at radius 1 is 0.704 bits per heavy atom. The third kappa shape index (κ3) is 1.58. The molecule has 3 aromatic heterocycles. The van der Waals surface area contributed by atoms with Crippen LogP contribution in [0.1, 0.15) is 0 Å². The molecule has 0 aliphatic carbocycles. The molecule has 0 N–H and O–H groups in total. The molecule has 3 heterocycles. The highest BCUT2D eigenvalue weighted by Gasteiger charge is 2.23. The van der Waals surface area contributed by atoms with Crippen molar-refractivity contribution in [3.05, 3.63) is 77.3 Å². The predicted molar refractivity (Wildman–Crippen MR) is 116 cm³/mol. The van der Waals surface area contributed by atoms with Crippen molar-refractivity contribution in [1.82, 2.24) is 4.40 Å². The zero-order valence-corrected chi connectivity index (χ0v) is 15.7. The number of aromatic nitrogens is 1. The van der Waals surface area contributed by atoms with Gasteiger partial charge in [-0.05, 0) is 41.1 Å². The summed E-state index contributed by atoms with van der Waals surface area (Å²) in [7, 11) is 0. The highest BCUT2D eigenvalue weighted by atomic mass is 79.9. The summed E-state index contributed by atoms with van der Waals surface area (Å²) in [4.78, 5) is 0. The van der Waals surface area contributed by atoms with Gasteiger partial charge in [0.25, 0.3) is 0 Å². The highest BCUT2D eigenvalue weighted by Crippen LogP contribution is 2.45. The fourth-order valence-electron chi connectivity index (χ4n) is 4.72. The minimum atomic E-state index is 0.916. The van der Waals surface area contributed by atoms with Gasteiger partial charge >= 0.3 is 0 Å². The number of halogens is 1. The second kappa shape index (κ2) is 4.62. The fraction of sp³-hybridized carbons (Fsp3) is 0. The van der Waals surface area contributed by atoms with Gasteiger partial charge in [-0.2, -0.15) is 0 Å². The van der Waals surface area contributed by atoms with Crippen molar-refractivity contribution in [2.45, 2.75) is 0 Å². The van der Waals surface area contributed by atoms with E-state index in [2.05, 4.69) is 93.1 Å². The average Bonchev–Trinajstić information content (AvgIpc) is 3.31. The first-order valence-electron chi connectivity index (χ1n) is 8.99. The van der Waals surface area contributed by atoms with Crippen molar-refractivity contribution in [2.75, 3.05) is 0 Å². The molecule has 0 amide bonds. The lowest BCUT2D eigenvalue weighted by molar-refractivity contribution is 0.651. The Hall–Kier alpha value is -3.04. The largest absolute Gasteiger partial charge is 0.439 e. The van der Waals surface area contributed by atoms with Gasteiger partial charge in [0.2, 0.25) is 5.71 Å². The number of nitrogens with zero attached hydrogens (tertiary/aromatic N) is 1. The van der Waals surface area contributed by atoms with Gasteiger partial charge in [0.15, 0.2) is 0 Å². The van der Waals surface area contributed by atoms with Gasteiger partial charge < -0.3 is 4.42 Å². The summed E-state index contributed by atoms with van der Waals surface area (Å²) in [6, 6.07) is 25.9. The Bertz CT molecular complexity index is 1690. The van der Waals surface area contributed by atoms with Crippen molar-refractivity contribution in [3.63, 3.8) is 0 Å². The second-order valence-electron chi connectivity index (χ2n) is 7.14. The van der Waals surface area contributed by atoms with Gasteiger partial charge in [-0.3, -0.25) is 4.40 Å². The quantitative estimate of drug-likeness (QED) is 0.253. The summed E-state index contributed by atoms with van der Waals surface area (Å²) in [5, 5.41) is 8.78. The summed E-state index contributed by atoms with van der Waals surface area (Å²) in [5.74, 6) is 0. The molecule has 7 rings (SSSR count). The van der Waals surface area contributed by atoms with Crippen LogP contribution in [-0.4, -0.2) is 4.40 Å². The normalized spacial score (nSPS) is 12.6. The molecule has 0 saturated carbocycles. The van der Waals surface area contributed by atoms with Crippen molar-refractivity contribution < 1.29 is 4.42 Å². The van der Waals surface area contributed by atoms with E-state index in [1.807, 2.05) is 0 Å². The zero-order valence-electron chi connectivity index (χ0n) is 14.2. The van der Waals surface area contributed by atoms with E-state index in [1.165, 1.54) is 43.4 Å². The van der Waals surface area contributed by atoms with Gasteiger partial charge in [-0.15, -0.1) is 0 Å². The van der Waals surface area contributed by atoms with Crippen molar-refractivity contribution in [3.8, 4) is 0 Å². The van der Waals surface area contributed by atoms with Crippen molar-refractivity contribution >= 4 is 76.0 Å². The summed E-state index contributed by atoms with van der Waals surface area (Å²) >= 11 is 3.57. The Morgan fingerprint density at radius 2 is 1.52 bits per heavy atom. The molecule has 0 spiro atoms. The van der Waals surface area contributed by atoms with E-state index in [0.29, 0.717) is 0 Å². The number of hydrogen-bond donors (Lipinski definition) is 0. The van der Waals surface area contributed by atoms with E-state index >= 15 is 0 Å². The Balaban J connectivity index is 1.93. The highest BCUT2D eigenvalue weighted by molar-refractivity contribution is 9.10. The second-order valence-corrected chi connectivity index (χ2v) is 8.06. The predicted octanol–water partition coefficient (Wildman–Crippen LogP) is 7.50. The fourth-order valence-corrected chi connectivity index (χ4v) is 5.06. The summed E-state index contributed by atoms with van der Waals surface area (Å²) in [5.41, 5.74) is 4.30. The molecule has 7 aromatic rings. The smallest absolute Gasteiger partial charge is 0.213 e. The van der Waals surface area contributed by atoms with Crippen LogP contribution in [0.5, 0.6) is 0 Å². The molecule has 0 radical (unpaired) electrons. The van der Waals surface area contributed by atoms with E-state index in [0.717, 1.165) is 21.2 Å². The molecule has 0 fully saturated rings. The summed E-state index contributed by atoms with van der Waals surface area (Å²) in [6.07, 6.45) is 0. The number of rotatable bonds is 0. The number of para-hydroxylation sites is 1. The van der Waals surface area contributed by atoms with Gasteiger partial charge in [0.1, 0.15) is 5.58 Å². The summed E-state index contributed by atoms with van der Waals surface area (Å²) < 4.78 is 9.72. The Morgan fingerprint density at radius 3 is 2.44 bits per heavy atom. The Labute approximate surface area is 162 Å². The topological polar surface area (TPSA) is 17.6 Å². The molecule has 27 heavy (non-hydrogen) atoms. The van der Waals surface area contributed by atoms with Gasteiger partial charge in [0, 0.05) is 26.0 Å². The standard InChI is InChI=1S/C24H12BrNO/c25-14-9-10-17-20(12-14)27-24-22(17)18-11-13-5-1-2-6-15(13)21-16-7-3-4-8-19(16)26(24)23(18)21/h1-12H. The van der Waals surface area contributed by atoms with Crippen LogP contribution in [0.2, 0.25) is 0 Å². The summed E-state index contributed by atoms with van der Waals surface area (Å²) in [6.45, 7) is 0. The lowest BCUT2D eigenvalue weighted by Crippen LogP contribution is -1.78. The first-order valence-corrected chi connectivity index (χ1v) is 9.78. The van der Waals surface area contributed by atoms with Crippen LogP contribution < -0.4 is 0 Å². The van der Waals surface area contributed by atoms with E-state index in [1.54, 1.807) is 0 Å². The van der Waals surface area contributed by atoms with Gasteiger partial charge in [0.05, 0.1) is 16.4 Å². The van der Waals surface area contributed by atoms with Crippen LogP contribution in [-0.2, 0) is 0 Å². The molecular formula is C24H12BrNO. The molecule has 0 saturated heterocycles. The minimum absolute atomic E-state index is 0.916. The van der Waals surface area contributed by atoms with E-state index in [4.69, 9.17) is 4.42 Å². The van der Waals surface area contributed by atoms with Crippen LogP contribution in [0.4, 0.5) is 0 Å². The first-order chi connectivity index (χ1) is 13.3. The molecule has 4 aromatic carbocycles. The molecule has 0 unspecified atom stereocenters. The average molecular weight is 410 g/mol. The number of benzene rings is 4. The molecule has 126 valence electrons. The van der Waals surface area contributed by atoms with Crippen LogP contribution in [0.15, 0.2) is 81.7 Å². The van der Waals surface area contributed by atoms with E-state index < -0.39 is 0 Å². The Kier molecular flexibility index (Phi) is 2.41. The van der Waals surface area contributed by atoms with Crippen LogP contribution in [0, 0.1) is 0 Å². The lowest BCUT2D eigenvalue weighted by Gasteiger charge is -2.02. The van der Waals surface area contributed by atoms with Crippen molar-refractivity contribution in [1.29, 1.82) is 0 Å². The monoisotopic (exact) mass is 409 g/mol. The van der Waals surface area contributed by atoms with Crippen LogP contribution in [0.3, 0.4) is 0 Å². The molecule has 2 nitrogen and oxygen atoms in total. The van der Waals surface area contributed by atoms with Gasteiger partial charge in [-0.1, -0.05) is 58.4 Å². The maximum Gasteiger partial charge on any atom is 0.213 e. The third-order valence-electron chi connectivity index (χ3n) is 5.77. The third-order valence-corrected chi connectivity index (χ3v) is 6.26. The molecule has 0 atom stereocenters. The zero-order chi connectivity index (χ0) is 17.7. The van der Waals surface area contributed by atoms with E-state index in [9.17, 15) is 0 Å². The van der Waals surface area contributed by atoms with Crippen LogP contribution in [0.25, 0.3) is 60.0 Å². The first kappa shape index (κ1) is 14.1. The molecular weight excluding hydrogens is 398 g/mol. The lowest BCUT2D eigenvalue weighted by atomic mass is 10.00. The molecule has 0 aliphatic rings. The number of hydrogen-bond acceptors (Lipinski definition) is 1. The number of fused-ring (bicyclic) bond motifs is 10. The van der Waals surface area contributed by atoms with E-state index in [-0.39, 0.29) is 0 Å². The van der Waals surface area contributed by atoms with Crippen LogP contribution >= 0.6 is 15.9 Å². The number of furan rings is 1. The maximum atomic E-state index is 6.39. The van der Waals surface area contributed by atoms with Gasteiger partial charge in [-0.25, -0.2) is 0 Å². The molecule has 3 heteroatoms. The maximum absolute atomic E-state index is 6.39. The molecule has 0 aliphatic heterocycles. The minimum Gasteiger partial charge on any atom is -0.439 e. The SMILES string of the molecule is Brc1ccc2c(c1)oc1c2c2cc3ccccc3c3c4ccccc4n1c23.